The predicted molar refractivity (Wildman–Crippen MR) is 109 cm³/mol. The lowest BCUT2D eigenvalue weighted by Crippen LogP contribution is -2.24. The van der Waals surface area contributed by atoms with Crippen LogP contribution >= 0.6 is 11.6 Å². The molecule has 0 radical (unpaired) electrons. The van der Waals surface area contributed by atoms with E-state index in [9.17, 15) is 4.79 Å². The largest absolute Gasteiger partial charge is 0.484 e. The summed E-state index contributed by atoms with van der Waals surface area (Å²) in [5.74, 6) is 0.482. The van der Waals surface area contributed by atoms with Crippen molar-refractivity contribution in [1.82, 2.24) is 0 Å². The van der Waals surface area contributed by atoms with E-state index in [1.54, 1.807) is 24.3 Å². The fourth-order valence-corrected chi connectivity index (χ4v) is 3.44. The van der Waals surface area contributed by atoms with Gasteiger partial charge < -0.3 is 10.1 Å². The highest BCUT2D eigenvalue weighted by Crippen LogP contribution is 2.36. The molecule has 2 aromatic carbocycles. The Morgan fingerprint density at radius 1 is 0.962 bits per heavy atom. The molecule has 0 unspecified atom stereocenters. The van der Waals surface area contributed by atoms with Crippen LogP contribution in [0.5, 0.6) is 5.75 Å². The van der Waals surface area contributed by atoms with Gasteiger partial charge in [0.05, 0.1) is 0 Å². The van der Waals surface area contributed by atoms with Crippen LogP contribution in [0.2, 0.25) is 5.02 Å². The number of halogens is 1. The summed E-state index contributed by atoms with van der Waals surface area (Å²) in [7, 11) is 0. The van der Waals surface area contributed by atoms with Crippen molar-refractivity contribution in [2.24, 2.45) is 5.41 Å². The van der Waals surface area contributed by atoms with E-state index in [1.165, 1.54) is 5.56 Å². The van der Waals surface area contributed by atoms with Gasteiger partial charge in [-0.3, -0.25) is 4.79 Å². The van der Waals surface area contributed by atoms with Gasteiger partial charge in [-0.1, -0.05) is 58.4 Å². The van der Waals surface area contributed by atoms with Crippen molar-refractivity contribution in [2.75, 3.05) is 11.9 Å². The van der Waals surface area contributed by atoms with E-state index in [1.807, 2.05) is 12.1 Å². The number of carbonyl (C=O) groups excluding carboxylic acids is 1. The third-order valence-corrected chi connectivity index (χ3v) is 4.36. The highest BCUT2D eigenvalue weighted by atomic mass is 35.5. The summed E-state index contributed by atoms with van der Waals surface area (Å²) in [4.78, 5) is 12.0. The molecular formula is C22H28ClNO2. The number of carbonyl (C=O) groups is 1. The Bertz CT molecular complexity index is 728. The Kier molecular flexibility index (Phi) is 6.35. The summed E-state index contributed by atoms with van der Waals surface area (Å²) in [6, 6.07) is 15.0. The predicted octanol–water partition coefficient (Wildman–Crippen LogP) is 6.07. The molecule has 2 aromatic rings. The molecule has 0 bridgehead atoms. The molecule has 1 amide bonds. The van der Waals surface area contributed by atoms with E-state index in [-0.39, 0.29) is 23.3 Å². The second kappa shape index (κ2) is 8.13. The molecule has 3 nitrogen and oxygen atoms in total. The molecule has 0 atom stereocenters. The van der Waals surface area contributed by atoms with Crippen molar-refractivity contribution < 1.29 is 9.53 Å². The smallest absolute Gasteiger partial charge is 0.262 e. The van der Waals surface area contributed by atoms with E-state index in [4.69, 9.17) is 16.3 Å². The number of ether oxygens (including phenoxy) is 1. The standard InChI is InChI=1S/C22H28ClNO2/c1-21(2,3)15-22(4,5)16-6-12-19(13-7-16)26-14-20(25)24-18-10-8-17(23)9-11-18/h6-13H,14-15H2,1-5H3,(H,24,25). The van der Waals surface area contributed by atoms with Gasteiger partial charge in [-0.05, 0) is 59.2 Å². The maximum absolute atomic E-state index is 12.0. The normalized spacial score (nSPS) is 11.9. The van der Waals surface area contributed by atoms with Crippen LogP contribution in [0.4, 0.5) is 5.69 Å². The lowest BCUT2D eigenvalue weighted by molar-refractivity contribution is -0.118. The maximum atomic E-state index is 12.0. The van der Waals surface area contributed by atoms with E-state index >= 15 is 0 Å². The molecule has 0 aliphatic heterocycles. The van der Waals surface area contributed by atoms with E-state index in [0.29, 0.717) is 16.5 Å². The Hall–Kier alpha value is -2.00. The zero-order chi connectivity index (χ0) is 19.4. The third-order valence-electron chi connectivity index (χ3n) is 4.11. The highest BCUT2D eigenvalue weighted by Gasteiger charge is 2.27. The van der Waals surface area contributed by atoms with Crippen molar-refractivity contribution in [3.8, 4) is 5.75 Å². The number of benzene rings is 2. The summed E-state index contributed by atoms with van der Waals surface area (Å²) < 4.78 is 5.59. The average Bonchev–Trinajstić information content (AvgIpc) is 2.53. The molecule has 0 aliphatic carbocycles. The second-order valence-corrected chi connectivity index (χ2v) is 8.93. The molecule has 0 spiro atoms. The van der Waals surface area contributed by atoms with Crippen LogP contribution < -0.4 is 10.1 Å². The van der Waals surface area contributed by atoms with Crippen LogP contribution in [0.15, 0.2) is 48.5 Å². The number of rotatable bonds is 6. The molecule has 0 saturated heterocycles. The fourth-order valence-electron chi connectivity index (χ4n) is 3.31. The van der Waals surface area contributed by atoms with Crippen molar-refractivity contribution in [3.05, 3.63) is 59.1 Å². The Morgan fingerprint density at radius 2 is 1.54 bits per heavy atom. The number of anilines is 1. The number of hydrogen-bond donors (Lipinski definition) is 1. The minimum Gasteiger partial charge on any atom is -0.484 e. The minimum atomic E-state index is -0.204. The van der Waals surface area contributed by atoms with Crippen LogP contribution in [0.25, 0.3) is 0 Å². The molecule has 4 heteroatoms. The minimum absolute atomic E-state index is 0.0344. The number of hydrogen-bond acceptors (Lipinski definition) is 2. The summed E-state index contributed by atoms with van der Waals surface area (Å²) >= 11 is 5.83. The molecule has 2 rings (SSSR count). The first kappa shape index (κ1) is 20.3. The van der Waals surface area contributed by atoms with Crippen molar-refractivity contribution >= 4 is 23.2 Å². The van der Waals surface area contributed by atoms with Gasteiger partial charge in [-0.25, -0.2) is 0 Å². The van der Waals surface area contributed by atoms with Gasteiger partial charge >= 0.3 is 0 Å². The van der Waals surface area contributed by atoms with Crippen molar-refractivity contribution in [2.45, 2.75) is 46.5 Å². The fraction of sp³-hybridized carbons (Fsp3) is 0.409. The van der Waals surface area contributed by atoms with Crippen molar-refractivity contribution in [3.63, 3.8) is 0 Å². The van der Waals surface area contributed by atoms with Crippen LogP contribution in [0, 0.1) is 5.41 Å². The maximum Gasteiger partial charge on any atom is 0.262 e. The Labute approximate surface area is 161 Å². The Morgan fingerprint density at radius 3 is 2.08 bits per heavy atom. The summed E-state index contributed by atoms with van der Waals surface area (Å²) in [6.45, 7) is 11.2. The Balaban J connectivity index is 1.90. The van der Waals surface area contributed by atoms with Gasteiger partial charge in [0, 0.05) is 10.7 Å². The van der Waals surface area contributed by atoms with Gasteiger partial charge in [0.1, 0.15) is 5.75 Å². The number of nitrogens with one attached hydrogen (secondary N) is 1. The van der Waals surface area contributed by atoms with E-state index in [2.05, 4.69) is 52.1 Å². The van der Waals surface area contributed by atoms with Crippen LogP contribution in [0.1, 0.15) is 46.6 Å². The first-order valence-corrected chi connectivity index (χ1v) is 9.22. The topological polar surface area (TPSA) is 38.3 Å². The zero-order valence-electron chi connectivity index (χ0n) is 16.2. The quantitative estimate of drug-likeness (QED) is 0.667. The van der Waals surface area contributed by atoms with E-state index in [0.717, 1.165) is 6.42 Å². The molecule has 1 N–H and O–H groups in total. The van der Waals surface area contributed by atoms with Crippen LogP contribution in [-0.2, 0) is 10.2 Å². The summed E-state index contributed by atoms with van der Waals surface area (Å²) in [6.07, 6.45) is 1.09. The zero-order valence-corrected chi connectivity index (χ0v) is 17.0. The monoisotopic (exact) mass is 373 g/mol. The van der Waals surface area contributed by atoms with E-state index < -0.39 is 0 Å². The molecule has 0 aromatic heterocycles. The molecule has 26 heavy (non-hydrogen) atoms. The van der Waals surface area contributed by atoms with Crippen molar-refractivity contribution in [1.29, 1.82) is 0 Å². The highest BCUT2D eigenvalue weighted by molar-refractivity contribution is 6.30. The molecule has 140 valence electrons. The second-order valence-electron chi connectivity index (χ2n) is 8.49. The van der Waals surface area contributed by atoms with Gasteiger partial charge in [-0.15, -0.1) is 0 Å². The van der Waals surface area contributed by atoms with Gasteiger partial charge in [0.2, 0.25) is 0 Å². The molecular weight excluding hydrogens is 346 g/mol. The van der Waals surface area contributed by atoms with Crippen LogP contribution in [0.3, 0.4) is 0 Å². The summed E-state index contributed by atoms with van der Waals surface area (Å²) in [5, 5.41) is 3.41. The molecule has 0 saturated carbocycles. The van der Waals surface area contributed by atoms with Gasteiger partial charge in [-0.2, -0.15) is 0 Å². The van der Waals surface area contributed by atoms with Gasteiger partial charge in [0.15, 0.2) is 6.61 Å². The van der Waals surface area contributed by atoms with Gasteiger partial charge in [0.25, 0.3) is 5.91 Å². The lowest BCUT2D eigenvalue weighted by atomic mass is 9.72. The molecule has 0 fully saturated rings. The van der Waals surface area contributed by atoms with Crippen LogP contribution in [-0.4, -0.2) is 12.5 Å². The first-order valence-electron chi connectivity index (χ1n) is 8.84. The summed E-state index contributed by atoms with van der Waals surface area (Å²) in [5.41, 5.74) is 2.31. The number of amides is 1. The lowest BCUT2D eigenvalue weighted by Gasteiger charge is -2.33. The first-order chi connectivity index (χ1) is 12.0. The average molecular weight is 374 g/mol. The SMILES string of the molecule is CC(C)(C)CC(C)(C)c1ccc(OCC(=O)Nc2ccc(Cl)cc2)cc1. The third kappa shape index (κ3) is 6.38. The molecule has 0 heterocycles. The molecule has 0 aliphatic rings.